The maximum atomic E-state index is 13.1. The number of likely N-dealkylation sites (tertiary alicyclic amines) is 1. The summed E-state index contributed by atoms with van der Waals surface area (Å²) < 4.78 is 41.9. The highest BCUT2D eigenvalue weighted by Crippen LogP contribution is 2.23. The fourth-order valence-corrected chi connectivity index (χ4v) is 4.29. The molecule has 2 aromatic rings. The lowest BCUT2D eigenvalue weighted by atomic mass is 10.1. The zero-order valence-electron chi connectivity index (χ0n) is 14.9. The Bertz CT molecular complexity index is 949. The van der Waals surface area contributed by atoms with Crippen molar-refractivity contribution < 1.29 is 17.6 Å². The molecule has 0 unspecified atom stereocenters. The third kappa shape index (κ3) is 3.63. The Kier molecular flexibility index (Phi) is 4.85. The summed E-state index contributed by atoms with van der Waals surface area (Å²) >= 11 is 0. The minimum Gasteiger partial charge on any atom is -0.337 e. The highest BCUT2D eigenvalue weighted by atomic mass is 32.2. The molecule has 1 N–H and O–H groups in total. The van der Waals surface area contributed by atoms with E-state index in [1.165, 1.54) is 13.0 Å². The predicted octanol–water partition coefficient (Wildman–Crippen LogP) is 1.31. The van der Waals surface area contributed by atoms with Gasteiger partial charge < -0.3 is 4.90 Å². The van der Waals surface area contributed by atoms with Gasteiger partial charge in [0.15, 0.2) is 0 Å². The van der Waals surface area contributed by atoms with Crippen molar-refractivity contribution in [3.63, 3.8) is 0 Å². The minimum atomic E-state index is -3.87. The van der Waals surface area contributed by atoms with Crippen molar-refractivity contribution in [1.29, 1.82) is 0 Å². The second-order valence-electron chi connectivity index (χ2n) is 6.56. The number of benzene rings is 1. The van der Waals surface area contributed by atoms with Gasteiger partial charge in [0.25, 0.3) is 0 Å². The second-order valence-corrected chi connectivity index (χ2v) is 8.29. The molecule has 9 heteroatoms. The van der Waals surface area contributed by atoms with Gasteiger partial charge in [0.05, 0.1) is 23.2 Å². The van der Waals surface area contributed by atoms with E-state index in [1.54, 1.807) is 4.90 Å². The lowest BCUT2D eigenvalue weighted by Gasteiger charge is -2.39. The first-order valence-corrected chi connectivity index (χ1v) is 9.72. The monoisotopic (exact) mass is 380 g/mol. The number of sulfonamides is 1. The van der Waals surface area contributed by atoms with Crippen LogP contribution in [-0.2, 0) is 14.8 Å². The zero-order valence-corrected chi connectivity index (χ0v) is 15.7. The molecule has 3 rings (SSSR count). The van der Waals surface area contributed by atoms with Gasteiger partial charge in [-0.25, -0.2) is 17.5 Å². The summed E-state index contributed by atoms with van der Waals surface area (Å²) in [7, 11) is -3.87. The van der Waals surface area contributed by atoms with Crippen molar-refractivity contribution in [2.24, 2.45) is 0 Å². The quantitative estimate of drug-likeness (QED) is 0.848. The summed E-state index contributed by atoms with van der Waals surface area (Å²) in [4.78, 5) is 13.8. The normalized spacial score (nSPS) is 15.2. The van der Waals surface area contributed by atoms with Crippen LogP contribution in [-0.4, -0.2) is 48.6 Å². The molecule has 26 heavy (non-hydrogen) atoms. The highest BCUT2D eigenvalue weighted by molar-refractivity contribution is 7.89. The van der Waals surface area contributed by atoms with E-state index in [0.717, 1.165) is 23.5 Å². The van der Waals surface area contributed by atoms with Crippen molar-refractivity contribution in [3.05, 3.63) is 47.0 Å². The summed E-state index contributed by atoms with van der Waals surface area (Å²) in [5, 5.41) is 4.40. The summed E-state index contributed by atoms with van der Waals surface area (Å²) in [5.41, 5.74) is 2.25. The number of halogens is 1. The predicted molar refractivity (Wildman–Crippen MR) is 93.6 cm³/mol. The van der Waals surface area contributed by atoms with Crippen LogP contribution in [0, 0.1) is 26.6 Å². The van der Waals surface area contributed by atoms with Crippen LogP contribution in [0.2, 0.25) is 0 Å². The number of rotatable bonds is 5. The summed E-state index contributed by atoms with van der Waals surface area (Å²) in [6.07, 6.45) is 0. The summed E-state index contributed by atoms with van der Waals surface area (Å²) in [5.74, 6) is -0.806. The molecular formula is C17H21FN4O3S. The van der Waals surface area contributed by atoms with E-state index >= 15 is 0 Å². The molecule has 140 valence electrons. The van der Waals surface area contributed by atoms with Crippen LogP contribution in [0.15, 0.2) is 29.2 Å². The number of aromatic nitrogens is 2. The van der Waals surface area contributed by atoms with Gasteiger partial charge in [0.1, 0.15) is 5.82 Å². The molecule has 0 radical (unpaired) electrons. The fourth-order valence-electron chi connectivity index (χ4n) is 3.09. The third-order valence-electron chi connectivity index (χ3n) is 4.45. The number of carbonyl (C=O) groups is 1. The first kappa shape index (κ1) is 18.5. The van der Waals surface area contributed by atoms with Gasteiger partial charge in [0.2, 0.25) is 15.9 Å². The van der Waals surface area contributed by atoms with E-state index < -0.39 is 15.8 Å². The Morgan fingerprint density at radius 3 is 2.54 bits per heavy atom. The lowest BCUT2D eigenvalue weighted by molar-refractivity contribution is -0.135. The van der Waals surface area contributed by atoms with E-state index in [-0.39, 0.29) is 23.4 Å². The van der Waals surface area contributed by atoms with Crippen LogP contribution in [0.3, 0.4) is 0 Å². The molecule has 0 spiro atoms. The fraction of sp³-hybridized carbons (Fsp3) is 0.412. The van der Waals surface area contributed by atoms with E-state index in [2.05, 4.69) is 9.82 Å². The number of nitrogens with one attached hydrogen (secondary N) is 1. The average molecular weight is 380 g/mol. The first-order chi connectivity index (χ1) is 12.2. The Hall–Kier alpha value is -2.26. The van der Waals surface area contributed by atoms with Crippen LogP contribution in [0.4, 0.5) is 4.39 Å². The molecule has 0 saturated carbocycles. The number of aryl methyl sites for hydroxylation is 3. The van der Waals surface area contributed by atoms with Crippen LogP contribution >= 0.6 is 0 Å². The molecule has 1 aliphatic heterocycles. The van der Waals surface area contributed by atoms with Gasteiger partial charge in [-0.2, -0.15) is 5.10 Å². The number of amides is 1. The highest BCUT2D eigenvalue weighted by Gasteiger charge is 2.33. The van der Waals surface area contributed by atoms with E-state index in [1.807, 2.05) is 24.6 Å². The van der Waals surface area contributed by atoms with E-state index in [0.29, 0.717) is 18.7 Å². The maximum absolute atomic E-state index is 13.1. The van der Waals surface area contributed by atoms with E-state index in [4.69, 9.17) is 0 Å². The topological polar surface area (TPSA) is 84.3 Å². The molecule has 1 aliphatic rings. The van der Waals surface area contributed by atoms with Crippen LogP contribution in [0.1, 0.15) is 23.0 Å². The SMILES string of the molecule is Cc1cc(C)n(C2CN(C(=O)CNS(=O)(=O)c3ccc(F)cc3C)C2)n1. The molecule has 1 aromatic heterocycles. The molecule has 0 atom stereocenters. The molecule has 0 bridgehead atoms. The third-order valence-corrected chi connectivity index (χ3v) is 6.01. The second kappa shape index (κ2) is 6.81. The number of hydrogen-bond acceptors (Lipinski definition) is 4. The standard InChI is InChI=1S/C17H21FN4O3S/c1-11-6-14(18)4-5-16(11)26(24,25)19-8-17(23)21-9-15(10-21)22-13(3)7-12(2)20-22/h4-7,15,19H,8-10H2,1-3H3. The zero-order chi connectivity index (χ0) is 19.1. The molecule has 2 heterocycles. The average Bonchev–Trinajstić information content (AvgIpc) is 2.82. The largest absolute Gasteiger partial charge is 0.337 e. The molecule has 1 saturated heterocycles. The molecule has 7 nitrogen and oxygen atoms in total. The van der Waals surface area contributed by atoms with Crippen molar-refractivity contribution in [2.75, 3.05) is 19.6 Å². The lowest BCUT2D eigenvalue weighted by Crippen LogP contribution is -2.53. The van der Waals surface area contributed by atoms with Gasteiger partial charge in [-0.3, -0.25) is 9.48 Å². The minimum absolute atomic E-state index is 0.0316. The van der Waals surface area contributed by atoms with Crippen molar-refractivity contribution in [1.82, 2.24) is 19.4 Å². The Morgan fingerprint density at radius 1 is 1.27 bits per heavy atom. The molecule has 1 fully saturated rings. The smallest absolute Gasteiger partial charge is 0.241 e. The van der Waals surface area contributed by atoms with Crippen LogP contribution in [0.25, 0.3) is 0 Å². The Labute approximate surface area is 151 Å². The molecule has 1 aromatic carbocycles. The Balaban J connectivity index is 1.57. The van der Waals surface area contributed by atoms with Crippen molar-refractivity contribution in [3.8, 4) is 0 Å². The van der Waals surface area contributed by atoms with Crippen molar-refractivity contribution >= 4 is 15.9 Å². The van der Waals surface area contributed by atoms with E-state index in [9.17, 15) is 17.6 Å². The van der Waals surface area contributed by atoms with Gasteiger partial charge in [-0.1, -0.05) is 0 Å². The number of hydrogen-bond donors (Lipinski definition) is 1. The van der Waals surface area contributed by atoms with Gasteiger partial charge in [0, 0.05) is 18.8 Å². The summed E-state index contributed by atoms with van der Waals surface area (Å²) in [6, 6.07) is 5.51. The molecular weight excluding hydrogens is 359 g/mol. The number of carbonyl (C=O) groups excluding carboxylic acids is 1. The maximum Gasteiger partial charge on any atom is 0.241 e. The van der Waals surface area contributed by atoms with Gasteiger partial charge in [-0.15, -0.1) is 0 Å². The van der Waals surface area contributed by atoms with Crippen LogP contribution in [0.5, 0.6) is 0 Å². The van der Waals surface area contributed by atoms with Crippen molar-refractivity contribution in [2.45, 2.75) is 31.7 Å². The first-order valence-electron chi connectivity index (χ1n) is 8.24. The summed E-state index contributed by atoms with van der Waals surface area (Å²) in [6.45, 7) is 6.05. The van der Waals surface area contributed by atoms with Gasteiger partial charge >= 0.3 is 0 Å². The Morgan fingerprint density at radius 2 is 1.96 bits per heavy atom. The number of nitrogens with zero attached hydrogens (tertiary/aromatic N) is 3. The molecule has 1 amide bonds. The van der Waals surface area contributed by atoms with Gasteiger partial charge in [-0.05, 0) is 50.6 Å². The molecule has 0 aliphatic carbocycles. The van der Waals surface area contributed by atoms with Crippen LogP contribution < -0.4 is 4.72 Å².